The van der Waals surface area contributed by atoms with Crippen LogP contribution in [0.3, 0.4) is 0 Å². The average molecular weight is 469 g/mol. The number of methoxy groups -OCH3 is 1. The van der Waals surface area contributed by atoms with E-state index < -0.39 is 30.1 Å². The lowest BCUT2D eigenvalue weighted by Gasteiger charge is -2.21. The lowest BCUT2D eigenvalue weighted by Crippen LogP contribution is -2.47. The number of ether oxygens (including phenoxy) is 2. The van der Waals surface area contributed by atoms with Crippen molar-refractivity contribution in [1.82, 2.24) is 10.6 Å². The van der Waals surface area contributed by atoms with Gasteiger partial charge in [0.15, 0.2) is 6.10 Å². The predicted molar refractivity (Wildman–Crippen MR) is 128 cm³/mol. The molecule has 3 rings (SSSR count). The van der Waals surface area contributed by atoms with E-state index in [0.717, 1.165) is 35.1 Å². The fraction of sp³-hybridized carbons (Fsp3) is 0.423. The van der Waals surface area contributed by atoms with Gasteiger partial charge in [-0.2, -0.15) is 0 Å². The van der Waals surface area contributed by atoms with Crippen LogP contribution in [-0.2, 0) is 19.1 Å². The highest BCUT2D eigenvalue weighted by atomic mass is 16.5. The number of fused-ring (bicyclic) bond motifs is 3. The number of hydrogen-bond acceptors (Lipinski definition) is 5. The molecule has 2 aromatic rings. The second-order valence-electron chi connectivity index (χ2n) is 8.38. The van der Waals surface area contributed by atoms with Crippen molar-refractivity contribution in [3.63, 3.8) is 0 Å². The molecule has 2 unspecified atom stereocenters. The molecule has 2 amide bonds. The molecular weight excluding hydrogens is 436 g/mol. The van der Waals surface area contributed by atoms with Gasteiger partial charge >= 0.3 is 12.1 Å². The van der Waals surface area contributed by atoms with Crippen molar-refractivity contribution in [2.24, 2.45) is 0 Å². The van der Waals surface area contributed by atoms with Crippen molar-refractivity contribution in [2.45, 2.75) is 50.7 Å². The quantitative estimate of drug-likeness (QED) is 0.438. The molecule has 0 spiro atoms. The molecule has 0 heterocycles. The van der Waals surface area contributed by atoms with Crippen molar-refractivity contribution in [3.05, 3.63) is 59.7 Å². The third-order valence-corrected chi connectivity index (χ3v) is 6.03. The van der Waals surface area contributed by atoms with Gasteiger partial charge in [0.05, 0.1) is 13.0 Å². The number of carbonyl (C=O) groups is 3. The highest BCUT2D eigenvalue weighted by Gasteiger charge is 2.29. The van der Waals surface area contributed by atoms with Gasteiger partial charge in [0.1, 0.15) is 6.61 Å². The molecule has 8 heteroatoms. The minimum absolute atomic E-state index is 0.0602. The van der Waals surface area contributed by atoms with Gasteiger partial charge in [0, 0.05) is 19.1 Å². The normalized spacial score (nSPS) is 13.9. The van der Waals surface area contributed by atoms with Gasteiger partial charge in [0.25, 0.3) is 5.91 Å². The molecule has 0 bridgehead atoms. The summed E-state index contributed by atoms with van der Waals surface area (Å²) in [5.41, 5.74) is 4.51. The molecule has 0 radical (unpaired) electrons. The zero-order valence-electron chi connectivity index (χ0n) is 19.6. The summed E-state index contributed by atoms with van der Waals surface area (Å²) < 4.78 is 10.7. The summed E-state index contributed by atoms with van der Waals surface area (Å²) in [6.07, 6.45) is 0.479. The molecule has 2 atom stereocenters. The standard InChI is InChI=1S/C26H32N2O6/c1-3-4-9-17(14-24(29)30)28-25(31)23(33-2)15-27-26(32)34-16-22-20-12-7-5-10-18(20)19-11-6-8-13-21(19)22/h5-8,10-13,17,22-23H,3-4,9,14-16H2,1-2H3,(H,27,32)(H,28,31)(H,29,30). The minimum Gasteiger partial charge on any atom is -0.481 e. The molecule has 0 aromatic heterocycles. The second kappa shape index (κ2) is 12.2. The van der Waals surface area contributed by atoms with E-state index in [1.54, 1.807) is 0 Å². The van der Waals surface area contributed by atoms with Crippen LogP contribution in [0.4, 0.5) is 4.79 Å². The number of carboxylic acid groups (broad SMARTS) is 1. The number of hydrogen-bond donors (Lipinski definition) is 3. The van der Waals surface area contributed by atoms with Crippen molar-refractivity contribution >= 4 is 18.0 Å². The Kier molecular flexibility index (Phi) is 9.04. The number of carbonyl (C=O) groups excluding carboxylic acids is 2. The van der Waals surface area contributed by atoms with Crippen LogP contribution < -0.4 is 10.6 Å². The van der Waals surface area contributed by atoms with E-state index in [-0.39, 0.29) is 25.5 Å². The van der Waals surface area contributed by atoms with Gasteiger partial charge in [-0.05, 0) is 28.7 Å². The van der Waals surface area contributed by atoms with E-state index in [9.17, 15) is 14.4 Å². The Bertz CT molecular complexity index is 963. The molecule has 0 saturated carbocycles. The molecule has 182 valence electrons. The first-order chi connectivity index (χ1) is 16.4. The number of benzene rings is 2. The fourth-order valence-corrected chi connectivity index (χ4v) is 4.29. The first-order valence-corrected chi connectivity index (χ1v) is 11.6. The number of rotatable bonds is 12. The monoisotopic (exact) mass is 468 g/mol. The number of unbranched alkanes of at least 4 members (excludes halogenated alkanes) is 1. The SMILES string of the molecule is CCCCC(CC(=O)O)NC(=O)C(CNC(=O)OCC1c2ccccc2-c2ccccc21)OC. The molecule has 8 nitrogen and oxygen atoms in total. The van der Waals surface area contributed by atoms with E-state index in [1.165, 1.54) is 7.11 Å². The number of carboxylic acids is 1. The molecular formula is C26H32N2O6. The highest BCUT2D eigenvalue weighted by molar-refractivity contribution is 5.83. The van der Waals surface area contributed by atoms with Crippen LogP contribution in [0.5, 0.6) is 0 Å². The first kappa shape index (κ1) is 25.2. The van der Waals surface area contributed by atoms with Gasteiger partial charge in [-0.1, -0.05) is 68.3 Å². The molecule has 0 saturated heterocycles. The Labute approximate surface area is 199 Å². The summed E-state index contributed by atoms with van der Waals surface area (Å²) >= 11 is 0. The average Bonchev–Trinajstić information content (AvgIpc) is 3.15. The van der Waals surface area contributed by atoms with E-state index in [0.29, 0.717) is 6.42 Å². The smallest absolute Gasteiger partial charge is 0.407 e. The van der Waals surface area contributed by atoms with Gasteiger partial charge in [-0.15, -0.1) is 0 Å². The third-order valence-electron chi connectivity index (χ3n) is 6.03. The summed E-state index contributed by atoms with van der Waals surface area (Å²) in [6, 6.07) is 15.6. The topological polar surface area (TPSA) is 114 Å². The van der Waals surface area contributed by atoms with Gasteiger partial charge in [-0.25, -0.2) is 4.79 Å². The Morgan fingerprint density at radius 1 is 1.03 bits per heavy atom. The van der Waals surface area contributed by atoms with Crippen molar-refractivity contribution < 1.29 is 29.0 Å². The Hall–Kier alpha value is -3.39. The summed E-state index contributed by atoms with van der Waals surface area (Å²) in [5, 5.41) is 14.4. The third kappa shape index (κ3) is 6.35. The van der Waals surface area contributed by atoms with Crippen LogP contribution in [0.25, 0.3) is 11.1 Å². The molecule has 1 aliphatic rings. The Morgan fingerprint density at radius 3 is 2.21 bits per heavy atom. The van der Waals surface area contributed by atoms with Crippen molar-refractivity contribution in [1.29, 1.82) is 0 Å². The van der Waals surface area contributed by atoms with Crippen LogP contribution in [0.2, 0.25) is 0 Å². The van der Waals surface area contributed by atoms with Crippen molar-refractivity contribution in [2.75, 3.05) is 20.3 Å². The Morgan fingerprint density at radius 2 is 1.65 bits per heavy atom. The maximum Gasteiger partial charge on any atom is 0.407 e. The second-order valence-corrected chi connectivity index (χ2v) is 8.38. The van der Waals surface area contributed by atoms with Crippen LogP contribution in [0.15, 0.2) is 48.5 Å². The summed E-state index contributed by atoms with van der Waals surface area (Å²) in [5.74, 6) is -1.51. The summed E-state index contributed by atoms with van der Waals surface area (Å²) in [6.45, 7) is 2.07. The fourth-order valence-electron chi connectivity index (χ4n) is 4.29. The highest BCUT2D eigenvalue weighted by Crippen LogP contribution is 2.44. The Balaban J connectivity index is 1.53. The lowest BCUT2D eigenvalue weighted by molar-refractivity contribution is -0.138. The van der Waals surface area contributed by atoms with Gasteiger partial charge in [-0.3, -0.25) is 9.59 Å². The molecule has 2 aromatic carbocycles. The van der Waals surface area contributed by atoms with E-state index >= 15 is 0 Å². The van der Waals surface area contributed by atoms with E-state index in [2.05, 4.69) is 22.8 Å². The largest absolute Gasteiger partial charge is 0.481 e. The number of amides is 2. The summed E-state index contributed by atoms with van der Waals surface area (Å²) in [7, 11) is 1.36. The zero-order chi connectivity index (χ0) is 24.5. The molecule has 1 aliphatic carbocycles. The maximum absolute atomic E-state index is 12.6. The zero-order valence-corrected chi connectivity index (χ0v) is 19.6. The lowest BCUT2D eigenvalue weighted by atomic mass is 9.98. The molecule has 0 aliphatic heterocycles. The van der Waals surface area contributed by atoms with Crippen LogP contribution in [-0.4, -0.2) is 55.5 Å². The van der Waals surface area contributed by atoms with Crippen LogP contribution >= 0.6 is 0 Å². The van der Waals surface area contributed by atoms with Crippen molar-refractivity contribution in [3.8, 4) is 11.1 Å². The summed E-state index contributed by atoms with van der Waals surface area (Å²) in [4.78, 5) is 36.0. The van der Waals surface area contributed by atoms with Crippen LogP contribution in [0, 0.1) is 0 Å². The predicted octanol–water partition coefficient (Wildman–Crippen LogP) is 3.69. The first-order valence-electron chi connectivity index (χ1n) is 11.6. The van der Waals surface area contributed by atoms with Crippen LogP contribution in [0.1, 0.15) is 49.7 Å². The van der Waals surface area contributed by atoms with E-state index in [1.807, 2.05) is 43.3 Å². The van der Waals surface area contributed by atoms with E-state index in [4.69, 9.17) is 14.6 Å². The number of aliphatic carboxylic acids is 1. The number of alkyl carbamates (subject to hydrolysis) is 1. The molecule has 0 fully saturated rings. The minimum atomic E-state index is -0.980. The molecule has 34 heavy (non-hydrogen) atoms. The van der Waals surface area contributed by atoms with Gasteiger partial charge < -0.3 is 25.2 Å². The maximum atomic E-state index is 12.6. The van der Waals surface area contributed by atoms with Gasteiger partial charge in [0.2, 0.25) is 0 Å². The molecule has 3 N–H and O–H groups in total. The number of nitrogens with one attached hydrogen (secondary N) is 2.